The van der Waals surface area contributed by atoms with Crippen LogP contribution in [-0.4, -0.2) is 11.0 Å². The Morgan fingerprint density at radius 1 is 1.42 bits per heavy atom. The largest absolute Gasteiger partial charge is 0.389 e. The fraction of sp³-hybridized carbons (Fsp3) is 0.533. The molecule has 1 saturated carbocycles. The monoisotopic (exact) mass is 340 g/mol. The summed E-state index contributed by atoms with van der Waals surface area (Å²) in [6.45, 7) is 4.70. The summed E-state index contributed by atoms with van der Waals surface area (Å²) in [5.74, 6) is 0. The van der Waals surface area contributed by atoms with Crippen LogP contribution < -0.4 is 11.1 Å². The zero-order valence-corrected chi connectivity index (χ0v) is 13.9. The topological polar surface area (TPSA) is 38.0 Å². The molecule has 19 heavy (non-hydrogen) atoms. The minimum absolute atomic E-state index is 0.354. The van der Waals surface area contributed by atoms with Crippen LogP contribution in [0, 0.1) is 5.41 Å². The average molecular weight is 341 g/mol. The van der Waals surface area contributed by atoms with E-state index in [2.05, 4.69) is 47.2 Å². The standard InChI is InChI=1S/C15H21BrN2S/c1-15(2)8-4-3-5-13(15)18-10-6-7-11(14(17)19)12(16)9-10/h6-7,9,13,18H,3-5,8H2,1-2H3,(H2,17,19). The lowest BCUT2D eigenvalue weighted by Gasteiger charge is -2.39. The number of hydrogen-bond donors (Lipinski definition) is 2. The molecule has 2 rings (SSSR count). The minimum atomic E-state index is 0.354. The lowest BCUT2D eigenvalue weighted by Crippen LogP contribution is -2.38. The Labute approximate surface area is 129 Å². The first-order valence-electron chi connectivity index (χ1n) is 6.76. The van der Waals surface area contributed by atoms with E-state index in [0.29, 0.717) is 16.4 Å². The van der Waals surface area contributed by atoms with E-state index < -0.39 is 0 Å². The van der Waals surface area contributed by atoms with Gasteiger partial charge in [-0.25, -0.2) is 0 Å². The van der Waals surface area contributed by atoms with Crippen LogP contribution in [0.15, 0.2) is 22.7 Å². The van der Waals surface area contributed by atoms with E-state index in [1.165, 1.54) is 25.7 Å². The van der Waals surface area contributed by atoms with Gasteiger partial charge in [-0.05, 0) is 52.4 Å². The third-order valence-electron chi connectivity index (χ3n) is 4.08. The van der Waals surface area contributed by atoms with Crippen LogP contribution in [0.1, 0.15) is 45.1 Å². The van der Waals surface area contributed by atoms with E-state index in [1.807, 2.05) is 6.07 Å². The van der Waals surface area contributed by atoms with Gasteiger partial charge in [0.05, 0.1) is 0 Å². The van der Waals surface area contributed by atoms with Crippen molar-refractivity contribution in [3.8, 4) is 0 Å². The molecule has 3 N–H and O–H groups in total. The molecule has 1 fully saturated rings. The second-order valence-corrected chi connectivity index (χ2v) is 7.28. The van der Waals surface area contributed by atoms with E-state index in [-0.39, 0.29) is 0 Å². The molecule has 0 amide bonds. The Bertz CT molecular complexity index is 485. The molecule has 0 aliphatic heterocycles. The maximum atomic E-state index is 5.67. The van der Waals surface area contributed by atoms with Gasteiger partial charge in [0, 0.05) is 21.8 Å². The second kappa shape index (κ2) is 5.80. The van der Waals surface area contributed by atoms with Crippen molar-refractivity contribution in [3.63, 3.8) is 0 Å². The number of thiocarbonyl (C=S) groups is 1. The molecule has 1 aliphatic rings. The van der Waals surface area contributed by atoms with Gasteiger partial charge in [-0.15, -0.1) is 0 Å². The highest BCUT2D eigenvalue weighted by Gasteiger charge is 2.31. The van der Waals surface area contributed by atoms with Crippen molar-refractivity contribution < 1.29 is 0 Å². The molecule has 2 nitrogen and oxygen atoms in total. The van der Waals surface area contributed by atoms with Gasteiger partial charge in [-0.3, -0.25) is 0 Å². The number of anilines is 1. The van der Waals surface area contributed by atoms with Gasteiger partial charge in [-0.1, -0.05) is 38.9 Å². The molecule has 0 radical (unpaired) electrons. The molecule has 0 bridgehead atoms. The average Bonchev–Trinajstić information content (AvgIpc) is 2.31. The minimum Gasteiger partial charge on any atom is -0.389 e. The number of rotatable bonds is 3. The van der Waals surface area contributed by atoms with E-state index in [4.69, 9.17) is 18.0 Å². The fourth-order valence-corrected chi connectivity index (χ4v) is 3.67. The third kappa shape index (κ3) is 3.48. The molecule has 104 valence electrons. The van der Waals surface area contributed by atoms with Crippen molar-refractivity contribution in [1.29, 1.82) is 0 Å². The van der Waals surface area contributed by atoms with Crippen molar-refractivity contribution in [3.05, 3.63) is 28.2 Å². The molecule has 4 heteroatoms. The van der Waals surface area contributed by atoms with E-state index in [9.17, 15) is 0 Å². The maximum absolute atomic E-state index is 5.67. The Morgan fingerprint density at radius 3 is 2.74 bits per heavy atom. The Morgan fingerprint density at radius 2 is 2.16 bits per heavy atom. The molecule has 1 atom stereocenters. The summed E-state index contributed by atoms with van der Waals surface area (Å²) in [7, 11) is 0. The summed E-state index contributed by atoms with van der Waals surface area (Å²) >= 11 is 8.55. The number of hydrogen-bond acceptors (Lipinski definition) is 2. The highest BCUT2D eigenvalue weighted by Crippen LogP contribution is 2.37. The first-order valence-corrected chi connectivity index (χ1v) is 7.96. The zero-order chi connectivity index (χ0) is 14.0. The molecule has 1 aromatic rings. The fourth-order valence-electron chi connectivity index (χ4n) is 2.77. The van der Waals surface area contributed by atoms with E-state index in [1.54, 1.807) is 0 Å². The highest BCUT2D eigenvalue weighted by molar-refractivity contribution is 9.10. The first-order chi connectivity index (χ1) is 8.90. The van der Waals surface area contributed by atoms with E-state index in [0.717, 1.165) is 15.7 Å². The highest BCUT2D eigenvalue weighted by atomic mass is 79.9. The predicted molar refractivity (Wildman–Crippen MR) is 89.7 cm³/mol. The van der Waals surface area contributed by atoms with Crippen LogP contribution in [0.5, 0.6) is 0 Å². The smallest absolute Gasteiger partial charge is 0.105 e. The van der Waals surface area contributed by atoms with Crippen LogP contribution >= 0.6 is 28.1 Å². The zero-order valence-electron chi connectivity index (χ0n) is 11.5. The molecule has 0 saturated heterocycles. The van der Waals surface area contributed by atoms with Gasteiger partial charge < -0.3 is 11.1 Å². The third-order valence-corrected chi connectivity index (χ3v) is 4.96. The van der Waals surface area contributed by atoms with Crippen molar-refractivity contribution >= 4 is 38.8 Å². The molecular formula is C15H21BrN2S. The summed E-state index contributed by atoms with van der Waals surface area (Å²) in [4.78, 5) is 0.427. The van der Waals surface area contributed by atoms with Crippen molar-refractivity contribution in [2.24, 2.45) is 11.1 Å². The van der Waals surface area contributed by atoms with Gasteiger partial charge in [-0.2, -0.15) is 0 Å². The lowest BCUT2D eigenvalue weighted by molar-refractivity contribution is 0.217. The van der Waals surface area contributed by atoms with Crippen molar-refractivity contribution in [2.75, 3.05) is 5.32 Å². The quantitative estimate of drug-likeness (QED) is 0.797. The van der Waals surface area contributed by atoms with Gasteiger partial charge in [0.25, 0.3) is 0 Å². The lowest BCUT2D eigenvalue weighted by atomic mass is 9.73. The second-order valence-electron chi connectivity index (χ2n) is 5.99. The molecular weight excluding hydrogens is 320 g/mol. The van der Waals surface area contributed by atoms with Crippen molar-refractivity contribution in [1.82, 2.24) is 0 Å². The number of halogens is 1. The summed E-state index contributed by atoms with van der Waals surface area (Å²) in [5, 5.41) is 3.66. The Kier molecular flexibility index (Phi) is 4.51. The van der Waals surface area contributed by atoms with Crippen LogP contribution in [-0.2, 0) is 0 Å². The van der Waals surface area contributed by atoms with Crippen LogP contribution in [0.3, 0.4) is 0 Å². The summed E-state index contributed by atoms with van der Waals surface area (Å²) in [6, 6.07) is 6.64. The van der Waals surface area contributed by atoms with Gasteiger partial charge >= 0.3 is 0 Å². The van der Waals surface area contributed by atoms with Crippen molar-refractivity contribution in [2.45, 2.75) is 45.6 Å². The SMILES string of the molecule is CC1(C)CCCCC1Nc1ccc(C(N)=S)c(Br)c1. The molecule has 1 aliphatic carbocycles. The molecule has 1 aromatic carbocycles. The van der Waals surface area contributed by atoms with E-state index >= 15 is 0 Å². The number of nitrogens with two attached hydrogens (primary N) is 1. The first kappa shape index (κ1) is 14.8. The molecule has 1 unspecified atom stereocenters. The number of nitrogens with one attached hydrogen (secondary N) is 1. The normalized spacial score (nSPS) is 21.9. The maximum Gasteiger partial charge on any atom is 0.105 e. The summed E-state index contributed by atoms with van der Waals surface area (Å²) < 4.78 is 0.957. The Hall–Kier alpha value is -0.610. The van der Waals surface area contributed by atoms with Gasteiger partial charge in [0.15, 0.2) is 0 Å². The van der Waals surface area contributed by atoms with Gasteiger partial charge in [0.1, 0.15) is 4.99 Å². The van der Waals surface area contributed by atoms with Crippen LogP contribution in [0.2, 0.25) is 0 Å². The summed E-state index contributed by atoms with van der Waals surface area (Å²) in [6.07, 6.45) is 5.18. The predicted octanol–water partition coefficient (Wildman–Crippen LogP) is 4.46. The summed E-state index contributed by atoms with van der Waals surface area (Å²) in [5.41, 5.74) is 8.05. The van der Waals surface area contributed by atoms with Crippen LogP contribution in [0.4, 0.5) is 5.69 Å². The Balaban J connectivity index is 2.15. The molecule has 0 spiro atoms. The molecule has 0 aromatic heterocycles. The molecule has 0 heterocycles. The van der Waals surface area contributed by atoms with Gasteiger partial charge in [0.2, 0.25) is 0 Å². The van der Waals surface area contributed by atoms with Crippen LogP contribution in [0.25, 0.3) is 0 Å². The number of benzene rings is 1.